The number of methoxy groups -OCH3 is 1. The summed E-state index contributed by atoms with van der Waals surface area (Å²) in [6.45, 7) is 0.360. The van der Waals surface area contributed by atoms with Gasteiger partial charge in [-0.05, 0) is 36.4 Å². The van der Waals surface area contributed by atoms with E-state index < -0.39 is 11.8 Å². The Morgan fingerprint density at radius 1 is 1.00 bits per heavy atom. The Morgan fingerprint density at radius 2 is 1.61 bits per heavy atom. The van der Waals surface area contributed by atoms with E-state index in [1.54, 1.807) is 31.4 Å². The standard InChI is InChI=1S/C21H28N4O3/c1-24(2)17-10-6-15(7-11-17)19(25(3)4)14-22-20(26)21(27)23-16-8-12-18(28-5)13-9-16/h6-13,19H,14H2,1-5H3,(H,22,26)(H,23,27)/p+1/t19-/m0/s1. The number of likely N-dealkylation sites (N-methyl/N-ethyl adjacent to an activating group) is 1. The zero-order chi connectivity index (χ0) is 20.7. The van der Waals surface area contributed by atoms with Crippen molar-refractivity contribution in [3.8, 4) is 5.75 Å². The van der Waals surface area contributed by atoms with E-state index in [2.05, 4.69) is 22.8 Å². The molecule has 3 N–H and O–H groups in total. The van der Waals surface area contributed by atoms with Crippen LogP contribution in [-0.2, 0) is 9.59 Å². The molecule has 0 fully saturated rings. The summed E-state index contributed by atoms with van der Waals surface area (Å²) in [6.07, 6.45) is 0. The lowest BCUT2D eigenvalue weighted by Gasteiger charge is -2.23. The summed E-state index contributed by atoms with van der Waals surface area (Å²) in [5.41, 5.74) is 2.75. The van der Waals surface area contributed by atoms with Crippen molar-refractivity contribution in [3.05, 3.63) is 54.1 Å². The largest absolute Gasteiger partial charge is 0.497 e. The van der Waals surface area contributed by atoms with Gasteiger partial charge < -0.3 is 25.2 Å². The van der Waals surface area contributed by atoms with Crippen molar-refractivity contribution < 1.29 is 19.2 Å². The lowest BCUT2D eigenvalue weighted by Crippen LogP contribution is -3.07. The maximum atomic E-state index is 12.2. The fourth-order valence-electron chi connectivity index (χ4n) is 2.80. The van der Waals surface area contributed by atoms with Gasteiger partial charge in [0, 0.05) is 31.0 Å². The summed E-state index contributed by atoms with van der Waals surface area (Å²) in [6, 6.07) is 15.0. The predicted octanol–water partition coefficient (Wildman–Crippen LogP) is 0.702. The average molecular weight is 385 g/mol. The van der Waals surface area contributed by atoms with E-state index >= 15 is 0 Å². The molecule has 0 unspecified atom stereocenters. The SMILES string of the molecule is COc1ccc(NC(=O)C(=O)NC[C@@H](c2ccc(N(C)C)cc2)[NH+](C)C)cc1. The number of rotatable bonds is 7. The molecule has 0 aliphatic heterocycles. The van der Waals surface area contributed by atoms with E-state index in [1.165, 1.54) is 0 Å². The first-order valence-electron chi connectivity index (χ1n) is 9.12. The van der Waals surface area contributed by atoms with Crippen molar-refractivity contribution in [2.45, 2.75) is 6.04 Å². The molecule has 150 valence electrons. The molecule has 0 radical (unpaired) electrons. The van der Waals surface area contributed by atoms with Crippen LogP contribution in [0.2, 0.25) is 0 Å². The Balaban J connectivity index is 1.96. The van der Waals surface area contributed by atoms with Crippen LogP contribution in [0.4, 0.5) is 11.4 Å². The molecule has 0 saturated heterocycles. The number of carbonyl (C=O) groups excluding carboxylic acids is 2. The van der Waals surface area contributed by atoms with Crippen LogP contribution in [0.1, 0.15) is 11.6 Å². The van der Waals surface area contributed by atoms with Crippen LogP contribution in [0.25, 0.3) is 0 Å². The van der Waals surface area contributed by atoms with Gasteiger partial charge in [0.05, 0.1) is 27.7 Å². The molecule has 7 nitrogen and oxygen atoms in total. The van der Waals surface area contributed by atoms with Gasteiger partial charge in [-0.2, -0.15) is 0 Å². The highest BCUT2D eigenvalue weighted by Gasteiger charge is 2.21. The van der Waals surface area contributed by atoms with Crippen LogP contribution in [0, 0.1) is 0 Å². The third kappa shape index (κ3) is 5.72. The summed E-state index contributed by atoms with van der Waals surface area (Å²) < 4.78 is 5.07. The van der Waals surface area contributed by atoms with Crippen LogP contribution in [0.3, 0.4) is 0 Å². The molecule has 2 amide bonds. The number of hydrogen-bond acceptors (Lipinski definition) is 4. The van der Waals surface area contributed by atoms with Crippen molar-refractivity contribution in [3.63, 3.8) is 0 Å². The second-order valence-corrected chi connectivity index (χ2v) is 7.01. The number of nitrogens with zero attached hydrogens (tertiary/aromatic N) is 1. The fraction of sp³-hybridized carbons (Fsp3) is 0.333. The van der Waals surface area contributed by atoms with Crippen molar-refractivity contribution in [1.29, 1.82) is 0 Å². The summed E-state index contributed by atoms with van der Waals surface area (Å²) >= 11 is 0. The van der Waals surface area contributed by atoms with Gasteiger partial charge in [-0.1, -0.05) is 12.1 Å². The van der Waals surface area contributed by atoms with Gasteiger partial charge in [0.15, 0.2) is 0 Å². The van der Waals surface area contributed by atoms with Crippen molar-refractivity contribution >= 4 is 23.2 Å². The molecule has 7 heteroatoms. The van der Waals surface area contributed by atoms with Gasteiger partial charge in [0.2, 0.25) is 0 Å². The second-order valence-electron chi connectivity index (χ2n) is 7.01. The van der Waals surface area contributed by atoms with Crippen LogP contribution in [-0.4, -0.2) is 53.7 Å². The topological polar surface area (TPSA) is 75.1 Å². The van der Waals surface area contributed by atoms with Gasteiger partial charge in [-0.15, -0.1) is 0 Å². The summed E-state index contributed by atoms with van der Waals surface area (Å²) in [4.78, 5) is 27.5. The smallest absolute Gasteiger partial charge is 0.313 e. The lowest BCUT2D eigenvalue weighted by atomic mass is 10.1. The highest BCUT2D eigenvalue weighted by Crippen LogP contribution is 2.16. The van der Waals surface area contributed by atoms with E-state index in [-0.39, 0.29) is 6.04 Å². The molecule has 0 aromatic heterocycles. The summed E-state index contributed by atoms with van der Waals surface area (Å²) in [5.74, 6) is -0.674. The first kappa shape index (κ1) is 21.2. The predicted molar refractivity (Wildman–Crippen MR) is 111 cm³/mol. The van der Waals surface area contributed by atoms with Gasteiger partial charge >= 0.3 is 11.8 Å². The Bertz CT molecular complexity index is 786. The molecule has 0 saturated carbocycles. The lowest BCUT2D eigenvalue weighted by molar-refractivity contribution is -0.890. The maximum absolute atomic E-state index is 12.2. The molecule has 0 spiro atoms. The molecule has 1 atom stereocenters. The third-order valence-electron chi connectivity index (χ3n) is 4.53. The second kappa shape index (κ2) is 9.75. The van der Waals surface area contributed by atoms with E-state index in [0.717, 1.165) is 16.2 Å². The van der Waals surface area contributed by atoms with Crippen molar-refractivity contribution in [1.82, 2.24) is 5.32 Å². The van der Waals surface area contributed by atoms with Gasteiger partial charge in [0.25, 0.3) is 0 Å². The summed E-state index contributed by atoms with van der Waals surface area (Å²) in [7, 11) is 9.59. The first-order valence-corrected chi connectivity index (χ1v) is 9.12. The molecule has 2 rings (SSSR count). The number of nitrogens with one attached hydrogen (secondary N) is 3. The third-order valence-corrected chi connectivity index (χ3v) is 4.53. The Morgan fingerprint density at radius 3 is 2.11 bits per heavy atom. The van der Waals surface area contributed by atoms with Crippen LogP contribution >= 0.6 is 0 Å². The number of anilines is 2. The zero-order valence-electron chi connectivity index (χ0n) is 17.1. The minimum Gasteiger partial charge on any atom is -0.497 e. The Kier molecular flexibility index (Phi) is 7.40. The van der Waals surface area contributed by atoms with Gasteiger partial charge in [0.1, 0.15) is 11.8 Å². The van der Waals surface area contributed by atoms with Crippen molar-refractivity contribution in [2.24, 2.45) is 0 Å². The van der Waals surface area contributed by atoms with E-state index in [9.17, 15) is 9.59 Å². The number of ether oxygens (including phenoxy) is 1. The maximum Gasteiger partial charge on any atom is 0.313 e. The Labute approximate surface area is 166 Å². The number of quaternary nitrogens is 1. The van der Waals surface area contributed by atoms with E-state index in [4.69, 9.17) is 4.74 Å². The minimum absolute atomic E-state index is 0.0361. The highest BCUT2D eigenvalue weighted by atomic mass is 16.5. The minimum atomic E-state index is -0.694. The molecular weight excluding hydrogens is 356 g/mol. The quantitative estimate of drug-likeness (QED) is 0.614. The molecule has 2 aromatic carbocycles. The van der Waals surface area contributed by atoms with Gasteiger partial charge in [-0.3, -0.25) is 9.59 Å². The average Bonchev–Trinajstić information content (AvgIpc) is 2.68. The first-order chi connectivity index (χ1) is 13.3. The van der Waals surface area contributed by atoms with E-state index in [1.807, 2.05) is 45.2 Å². The number of amides is 2. The number of benzene rings is 2. The van der Waals surface area contributed by atoms with Crippen LogP contribution < -0.4 is 25.2 Å². The Hall–Kier alpha value is -3.06. The van der Waals surface area contributed by atoms with E-state index in [0.29, 0.717) is 18.0 Å². The van der Waals surface area contributed by atoms with Gasteiger partial charge in [-0.25, -0.2) is 0 Å². The number of carbonyl (C=O) groups is 2. The zero-order valence-corrected chi connectivity index (χ0v) is 17.1. The van der Waals surface area contributed by atoms with Crippen LogP contribution in [0.15, 0.2) is 48.5 Å². The molecule has 0 aliphatic carbocycles. The monoisotopic (exact) mass is 385 g/mol. The molecule has 28 heavy (non-hydrogen) atoms. The fourth-order valence-corrected chi connectivity index (χ4v) is 2.80. The van der Waals surface area contributed by atoms with Crippen LogP contribution in [0.5, 0.6) is 5.75 Å². The number of hydrogen-bond donors (Lipinski definition) is 3. The molecule has 0 bridgehead atoms. The summed E-state index contributed by atoms with van der Waals surface area (Å²) in [5, 5.41) is 5.32. The molecule has 0 heterocycles. The molecular formula is C21H29N4O3+. The molecule has 0 aliphatic rings. The molecule has 2 aromatic rings. The highest BCUT2D eigenvalue weighted by molar-refractivity contribution is 6.39. The van der Waals surface area contributed by atoms with Crippen molar-refractivity contribution in [2.75, 3.05) is 52.1 Å². The normalized spacial score (nSPS) is 11.6.